The van der Waals surface area contributed by atoms with Gasteiger partial charge in [0.2, 0.25) is 16.8 Å². The third kappa shape index (κ3) is 4.12. The standard InChI is InChI=1S/C24H26N2O7S/c1-2-31-24(28)20-6-7-23(33-20)34(29,30)26-10-8-25(9-11-26)22(27)14-18-15-32-21-13-17-5-3-4-16(17)12-19(18)21/h6-7,12-13,15H,2-5,8-11,14H2,1H3. The number of esters is 1. The second-order valence-corrected chi connectivity index (χ2v) is 10.4. The largest absolute Gasteiger partial charge is 0.464 e. The molecule has 34 heavy (non-hydrogen) atoms. The number of fused-ring (bicyclic) bond motifs is 2. The van der Waals surface area contributed by atoms with Gasteiger partial charge in [-0.25, -0.2) is 13.2 Å². The lowest BCUT2D eigenvalue weighted by Crippen LogP contribution is -2.50. The van der Waals surface area contributed by atoms with Gasteiger partial charge in [-0.05, 0) is 61.6 Å². The molecule has 0 radical (unpaired) electrons. The quantitative estimate of drug-likeness (QED) is 0.493. The molecule has 10 heteroatoms. The normalized spacial score (nSPS) is 16.7. The number of carbonyl (C=O) groups excluding carboxylic acids is 2. The Labute approximate surface area is 197 Å². The van der Waals surface area contributed by atoms with Gasteiger partial charge >= 0.3 is 5.97 Å². The first-order valence-electron chi connectivity index (χ1n) is 11.4. The molecule has 0 N–H and O–H groups in total. The Morgan fingerprint density at radius 3 is 2.53 bits per heavy atom. The Hall–Kier alpha value is -3.11. The van der Waals surface area contributed by atoms with Crippen molar-refractivity contribution < 1.29 is 31.6 Å². The highest BCUT2D eigenvalue weighted by molar-refractivity contribution is 7.89. The Morgan fingerprint density at radius 2 is 1.79 bits per heavy atom. The van der Waals surface area contributed by atoms with E-state index in [1.54, 1.807) is 18.1 Å². The summed E-state index contributed by atoms with van der Waals surface area (Å²) in [6.45, 7) is 2.64. The number of hydrogen-bond donors (Lipinski definition) is 0. The molecule has 3 heterocycles. The molecule has 2 aromatic heterocycles. The molecule has 1 aliphatic carbocycles. The first kappa shape index (κ1) is 22.7. The monoisotopic (exact) mass is 486 g/mol. The number of furan rings is 2. The van der Waals surface area contributed by atoms with Crippen LogP contribution in [0.4, 0.5) is 0 Å². The number of ether oxygens (including phenoxy) is 1. The second-order valence-electron chi connectivity index (χ2n) is 8.53. The van der Waals surface area contributed by atoms with Crippen LogP contribution in [0.2, 0.25) is 0 Å². The van der Waals surface area contributed by atoms with E-state index < -0.39 is 16.0 Å². The minimum absolute atomic E-state index is 0.0668. The molecule has 0 bridgehead atoms. The molecular weight excluding hydrogens is 460 g/mol. The fourth-order valence-electron chi connectivity index (χ4n) is 4.64. The van der Waals surface area contributed by atoms with Crippen LogP contribution in [0, 0.1) is 0 Å². The number of amides is 1. The molecule has 2 aliphatic rings. The number of hydrogen-bond acceptors (Lipinski definition) is 7. The topological polar surface area (TPSA) is 110 Å². The zero-order valence-electron chi connectivity index (χ0n) is 18.9. The van der Waals surface area contributed by atoms with Gasteiger partial charge in [-0.15, -0.1) is 0 Å². The SMILES string of the molecule is CCOC(=O)c1ccc(S(=O)(=O)N2CCN(C(=O)Cc3coc4cc5c(cc34)CCC5)CC2)o1. The molecule has 5 rings (SSSR count). The summed E-state index contributed by atoms with van der Waals surface area (Å²) in [6, 6.07) is 6.76. The second kappa shape index (κ2) is 8.92. The highest BCUT2D eigenvalue weighted by Gasteiger charge is 2.33. The first-order valence-corrected chi connectivity index (χ1v) is 12.9. The van der Waals surface area contributed by atoms with E-state index in [1.807, 2.05) is 0 Å². The highest BCUT2D eigenvalue weighted by Crippen LogP contribution is 2.31. The molecule has 1 aromatic carbocycles. The Kier molecular flexibility index (Phi) is 5.95. The predicted molar refractivity (Wildman–Crippen MR) is 122 cm³/mol. The Bertz CT molecular complexity index is 1350. The van der Waals surface area contributed by atoms with Gasteiger partial charge in [0, 0.05) is 37.1 Å². The minimum Gasteiger partial charge on any atom is -0.464 e. The molecule has 3 aromatic rings. The smallest absolute Gasteiger partial charge is 0.374 e. The van der Waals surface area contributed by atoms with Crippen molar-refractivity contribution in [3.05, 3.63) is 53.0 Å². The predicted octanol–water partition coefficient (Wildman–Crippen LogP) is 2.77. The van der Waals surface area contributed by atoms with Crippen molar-refractivity contribution in [1.82, 2.24) is 9.21 Å². The van der Waals surface area contributed by atoms with Crippen molar-refractivity contribution in [2.24, 2.45) is 0 Å². The third-order valence-corrected chi connectivity index (χ3v) is 8.23. The average molecular weight is 487 g/mol. The molecule has 0 atom stereocenters. The van der Waals surface area contributed by atoms with Crippen LogP contribution in [0.25, 0.3) is 11.0 Å². The van der Waals surface area contributed by atoms with Crippen LogP contribution in [-0.2, 0) is 38.8 Å². The van der Waals surface area contributed by atoms with Crippen LogP contribution in [0.3, 0.4) is 0 Å². The van der Waals surface area contributed by atoms with Crippen LogP contribution in [0.15, 0.2) is 44.5 Å². The number of rotatable bonds is 6. The maximum Gasteiger partial charge on any atom is 0.374 e. The molecule has 1 saturated heterocycles. The van der Waals surface area contributed by atoms with Crippen molar-refractivity contribution in [2.75, 3.05) is 32.8 Å². The fourth-order valence-corrected chi connectivity index (χ4v) is 5.97. The number of sulfonamides is 1. The van der Waals surface area contributed by atoms with Crippen molar-refractivity contribution in [2.45, 2.75) is 37.7 Å². The molecule has 180 valence electrons. The number of benzene rings is 1. The van der Waals surface area contributed by atoms with Gasteiger partial charge < -0.3 is 18.5 Å². The summed E-state index contributed by atoms with van der Waals surface area (Å²) in [5, 5.41) is 0.665. The van der Waals surface area contributed by atoms with E-state index in [0.717, 1.165) is 35.8 Å². The Balaban J connectivity index is 1.22. The van der Waals surface area contributed by atoms with Gasteiger partial charge in [-0.3, -0.25) is 4.79 Å². The van der Waals surface area contributed by atoms with E-state index in [1.165, 1.54) is 27.6 Å². The lowest BCUT2D eigenvalue weighted by Gasteiger charge is -2.33. The number of carbonyl (C=O) groups is 2. The summed E-state index contributed by atoms with van der Waals surface area (Å²) < 4.78 is 42.9. The van der Waals surface area contributed by atoms with Gasteiger partial charge in [0.25, 0.3) is 10.0 Å². The van der Waals surface area contributed by atoms with E-state index in [4.69, 9.17) is 13.6 Å². The van der Waals surface area contributed by atoms with Gasteiger partial charge in [-0.1, -0.05) is 0 Å². The summed E-state index contributed by atoms with van der Waals surface area (Å²) in [5.41, 5.74) is 4.31. The number of nitrogens with zero attached hydrogens (tertiary/aromatic N) is 2. The molecule has 0 spiro atoms. The first-order chi connectivity index (χ1) is 16.4. The summed E-state index contributed by atoms with van der Waals surface area (Å²) in [7, 11) is -3.92. The highest BCUT2D eigenvalue weighted by atomic mass is 32.2. The van der Waals surface area contributed by atoms with Crippen LogP contribution < -0.4 is 0 Å². The van der Waals surface area contributed by atoms with Gasteiger partial charge in [0.1, 0.15) is 5.58 Å². The fraction of sp³-hybridized carbons (Fsp3) is 0.417. The minimum atomic E-state index is -3.92. The van der Waals surface area contributed by atoms with Gasteiger partial charge in [-0.2, -0.15) is 4.31 Å². The lowest BCUT2D eigenvalue weighted by atomic mass is 10.0. The van der Waals surface area contributed by atoms with E-state index in [2.05, 4.69) is 12.1 Å². The summed E-state index contributed by atoms with van der Waals surface area (Å²) in [6.07, 6.45) is 5.12. The average Bonchev–Trinajstić information content (AvgIpc) is 3.58. The van der Waals surface area contributed by atoms with E-state index in [-0.39, 0.29) is 56.0 Å². The number of aryl methyl sites for hydroxylation is 2. The molecule has 0 saturated carbocycles. The van der Waals surface area contributed by atoms with Gasteiger partial charge in [0.05, 0.1) is 19.3 Å². The summed E-state index contributed by atoms with van der Waals surface area (Å²) >= 11 is 0. The molecule has 1 amide bonds. The third-order valence-electron chi connectivity index (χ3n) is 6.45. The van der Waals surface area contributed by atoms with E-state index in [0.29, 0.717) is 0 Å². The Morgan fingerprint density at radius 1 is 1.06 bits per heavy atom. The number of piperazine rings is 1. The van der Waals surface area contributed by atoms with E-state index in [9.17, 15) is 18.0 Å². The van der Waals surface area contributed by atoms with Crippen molar-refractivity contribution in [3.63, 3.8) is 0 Å². The maximum absolute atomic E-state index is 13.0. The van der Waals surface area contributed by atoms with E-state index >= 15 is 0 Å². The van der Waals surface area contributed by atoms with Crippen LogP contribution in [0.1, 0.15) is 40.6 Å². The zero-order chi connectivity index (χ0) is 23.9. The van der Waals surface area contributed by atoms with Crippen molar-refractivity contribution in [1.29, 1.82) is 0 Å². The molecule has 9 nitrogen and oxygen atoms in total. The molecule has 1 fully saturated rings. The molecule has 0 unspecified atom stereocenters. The summed E-state index contributed by atoms with van der Waals surface area (Å²) in [5.74, 6) is -0.939. The maximum atomic E-state index is 13.0. The van der Waals surface area contributed by atoms with Crippen molar-refractivity contribution in [3.8, 4) is 0 Å². The van der Waals surface area contributed by atoms with Crippen molar-refractivity contribution >= 4 is 32.9 Å². The van der Waals surface area contributed by atoms with Crippen LogP contribution in [-0.4, -0.2) is 62.3 Å². The van der Waals surface area contributed by atoms with Gasteiger partial charge in [0.15, 0.2) is 0 Å². The summed E-state index contributed by atoms with van der Waals surface area (Å²) in [4.78, 5) is 26.4. The molecule has 1 aliphatic heterocycles. The lowest BCUT2D eigenvalue weighted by molar-refractivity contribution is -0.131. The zero-order valence-corrected chi connectivity index (χ0v) is 19.7. The molecular formula is C24H26N2O7S. The van der Waals surface area contributed by atoms with Crippen LogP contribution >= 0.6 is 0 Å². The van der Waals surface area contributed by atoms with Crippen LogP contribution in [0.5, 0.6) is 0 Å².